The van der Waals surface area contributed by atoms with Gasteiger partial charge in [-0.15, -0.1) is 0 Å². The van der Waals surface area contributed by atoms with Gasteiger partial charge in [0.05, 0.1) is 11.2 Å². The van der Waals surface area contributed by atoms with Crippen molar-refractivity contribution in [2.24, 2.45) is 0 Å². The highest BCUT2D eigenvalue weighted by molar-refractivity contribution is 5.85. The lowest BCUT2D eigenvalue weighted by Gasteiger charge is -2.10. The maximum atomic E-state index is 4.86. The van der Waals surface area contributed by atoms with Crippen molar-refractivity contribution in [1.82, 2.24) is 4.98 Å². The van der Waals surface area contributed by atoms with Crippen molar-refractivity contribution in [3.05, 3.63) is 64.7 Å². The predicted octanol–water partition coefficient (Wildman–Crippen LogP) is 5.14. The molecule has 0 bridgehead atoms. The van der Waals surface area contributed by atoms with Crippen LogP contribution in [-0.4, -0.2) is 4.98 Å². The molecule has 1 nitrogen and oxygen atoms in total. The van der Waals surface area contributed by atoms with Gasteiger partial charge in [-0.2, -0.15) is 0 Å². The summed E-state index contributed by atoms with van der Waals surface area (Å²) in [6, 6.07) is 15.2. The zero-order valence-corrected chi connectivity index (χ0v) is 12.5. The minimum atomic E-state index is 1.07. The Bertz CT molecular complexity index is 800. The Balaban J connectivity index is 2.26. The number of fused-ring (bicyclic) bond motifs is 1. The summed E-state index contributed by atoms with van der Waals surface area (Å²) in [5.74, 6) is 0. The van der Waals surface area contributed by atoms with Gasteiger partial charge in [-0.25, -0.2) is 4.98 Å². The van der Waals surface area contributed by atoms with Crippen LogP contribution in [0.4, 0.5) is 0 Å². The molecular weight excluding hydrogens is 242 g/mol. The Labute approximate surface area is 120 Å². The molecule has 0 fully saturated rings. The van der Waals surface area contributed by atoms with Gasteiger partial charge in [0.1, 0.15) is 0 Å². The van der Waals surface area contributed by atoms with Gasteiger partial charge in [0.25, 0.3) is 0 Å². The number of nitrogens with zero attached hydrogens (tertiary/aromatic N) is 1. The van der Waals surface area contributed by atoms with Gasteiger partial charge in [0, 0.05) is 10.9 Å². The summed E-state index contributed by atoms with van der Waals surface area (Å²) < 4.78 is 0. The molecule has 0 unspecified atom stereocenters. The molecule has 0 saturated carbocycles. The molecule has 0 spiro atoms. The molecule has 0 atom stereocenters. The van der Waals surface area contributed by atoms with Gasteiger partial charge in [0.2, 0.25) is 0 Å². The lowest BCUT2D eigenvalue weighted by atomic mass is 9.99. The van der Waals surface area contributed by atoms with E-state index in [1.54, 1.807) is 0 Å². The van der Waals surface area contributed by atoms with Crippen LogP contribution >= 0.6 is 0 Å². The fourth-order valence-corrected chi connectivity index (χ4v) is 2.75. The Kier molecular flexibility index (Phi) is 3.06. The first-order chi connectivity index (χ1) is 9.54. The van der Waals surface area contributed by atoms with Crippen molar-refractivity contribution in [2.45, 2.75) is 27.7 Å². The molecule has 0 saturated heterocycles. The van der Waals surface area contributed by atoms with Crippen molar-refractivity contribution in [3.63, 3.8) is 0 Å². The zero-order valence-electron chi connectivity index (χ0n) is 12.5. The highest BCUT2D eigenvalue weighted by atomic mass is 14.7. The van der Waals surface area contributed by atoms with Gasteiger partial charge in [-0.05, 0) is 56.5 Å². The Morgan fingerprint density at radius 2 is 1.40 bits per heavy atom. The van der Waals surface area contributed by atoms with Crippen molar-refractivity contribution in [3.8, 4) is 11.3 Å². The molecule has 1 heteroatoms. The molecule has 1 aromatic heterocycles. The van der Waals surface area contributed by atoms with Crippen LogP contribution in [0, 0.1) is 27.7 Å². The number of pyridine rings is 1. The molecule has 1 heterocycles. The first-order valence-electron chi connectivity index (χ1n) is 7.00. The summed E-state index contributed by atoms with van der Waals surface area (Å²) in [6.45, 7) is 8.55. The quantitative estimate of drug-likeness (QED) is 0.591. The standard InChI is InChI=1S/C19H19N/c1-12-5-7-16(14(3)9-12)19-11-15(4)17-8-6-13(2)10-18(17)20-19/h5-11H,1-4H3. The number of rotatable bonds is 1. The first-order valence-corrected chi connectivity index (χ1v) is 7.00. The second-order valence-corrected chi connectivity index (χ2v) is 5.66. The normalized spacial score (nSPS) is 11.0. The lowest BCUT2D eigenvalue weighted by molar-refractivity contribution is 1.31. The van der Waals surface area contributed by atoms with E-state index in [1.165, 1.54) is 33.2 Å². The van der Waals surface area contributed by atoms with Crippen LogP contribution < -0.4 is 0 Å². The minimum Gasteiger partial charge on any atom is -0.248 e. The number of aromatic nitrogens is 1. The van der Waals surface area contributed by atoms with Crippen LogP contribution in [0.3, 0.4) is 0 Å². The zero-order chi connectivity index (χ0) is 14.3. The van der Waals surface area contributed by atoms with Gasteiger partial charge >= 0.3 is 0 Å². The van der Waals surface area contributed by atoms with Crippen molar-refractivity contribution < 1.29 is 0 Å². The van der Waals surface area contributed by atoms with E-state index < -0.39 is 0 Å². The average Bonchev–Trinajstić information content (AvgIpc) is 2.37. The van der Waals surface area contributed by atoms with Crippen LogP contribution in [0.5, 0.6) is 0 Å². The van der Waals surface area contributed by atoms with E-state index >= 15 is 0 Å². The molecule has 3 rings (SSSR count). The summed E-state index contributed by atoms with van der Waals surface area (Å²) in [4.78, 5) is 4.86. The maximum Gasteiger partial charge on any atom is 0.0715 e. The SMILES string of the molecule is Cc1ccc(-c2cc(C)c3ccc(C)cc3n2)c(C)c1. The second-order valence-electron chi connectivity index (χ2n) is 5.66. The van der Waals surface area contributed by atoms with E-state index in [1.807, 2.05) is 0 Å². The third kappa shape index (κ3) is 2.20. The molecule has 0 radical (unpaired) electrons. The summed E-state index contributed by atoms with van der Waals surface area (Å²) in [5, 5.41) is 1.24. The monoisotopic (exact) mass is 261 g/mol. The maximum absolute atomic E-state index is 4.86. The second kappa shape index (κ2) is 4.75. The summed E-state index contributed by atoms with van der Waals surface area (Å²) in [5.41, 5.74) is 8.48. The fourth-order valence-electron chi connectivity index (χ4n) is 2.75. The number of hydrogen-bond donors (Lipinski definition) is 0. The minimum absolute atomic E-state index is 1.07. The van der Waals surface area contributed by atoms with Gasteiger partial charge < -0.3 is 0 Å². The fraction of sp³-hybridized carbons (Fsp3) is 0.211. The third-order valence-corrected chi connectivity index (χ3v) is 3.83. The summed E-state index contributed by atoms with van der Waals surface area (Å²) in [6.07, 6.45) is 0. The van der Waals surface area contributed by atoms with Crippen LogP contribution in [0.1, 0.15) is 22.3 Å². The van der Waals surface area contributed by atoms with Crippen molar-refractivity contribution in [2.75, 3.05) is 0 Å². The van der Waals surface area contributed by atoms with E-state index in [4.69, 9.17) is 4.98 Å². The third-order valence-electron chi connectivity index (χ3n) is 3.83. The Hall–Kier alpha value is -2.15. The molecule has 0 N–H and O–H groups in total. The Morgan fingerprint density at radius 1 is 0.700 bits per heavy atom. The molecule has 3 aromatic rings. The van der Waals surface area contributed by atoms with Crippen LogP contribution in [0.15, 0.2) is 42.5 Å². The highest BCUT2D eigenvalue weighted by Gasteiger charge is 2.07. The van der Waals surface area contributed by atoms with Crippen LogP contribution in [0.2, 0.25) is 0 Å². The van der Waals surface area contributed by atoms with Gasteiger partial charge in [-0.1, -0.05) is 35.9 Å². The number of benzene rings is 2. The Morgan fingerprint density at radius 3 is 2.15 bits per heavy atom. The molecular formula is C19H19N. The molecule has 100 valence electrons. The molecule has 0 amide bonds. The van der Waals surface area contributed by atoms with E-state index in [-0.39, 0.29) is 0 Å². The lowest BCUT2D eigenvalue weighted by Crippen LogP contribution is -1.92. The molecule has 20 heavy (non-hydrogen) atoms. The molecule has 0 aliphatic heterocycles. The number of hydrogen-bond acceptors (Lipinski definition) is 1. The van der Waals surface area contributed by atoms with E-state index in [2.05, 4.69) is 70.2 Å². The largest absolute Gasteiger partial charge is 0.248 e. The predicted molar refractivity (Wildman–Crippen MR) is 86.1 cm³/mol. The van der Waals surface area contributed by atoms with Crippen LogP contribution in [-0.2, 0) is 0 Å². The smallest absolute Gasteiger partial charge is 0.0715 e. The summed E-state index contributed by atoms with van der Waals surface area (Å²) >= 11 is 0. The highest BCUT2D eigenvalue weighted by Crippen LogP contribution is 2.27. The molecule has 2 aromatic carbocycles. The van der Waals surface area contributed by atoms with Gasteiger partial charge in [0.15, 0.2) is 0 Å². The molecule has 0 aliphatic carbocycles. The summed E-state index contributed by atoms with van der Waals surface area (Å²) in [7, 11) is 0. The van der Waals surface area contributed by atoms with E-state index in [0.717, 1.165) is 11.2 Å². The molecule has 0 aliphatic rings. The average molecular weight is 261 g/mol. The van der Waals surface area contributed by atoms with Gasteiger partial charge in [-0.3, -0.25) is 0 Å². The van der Waals surface area contributed by atoms with Crippen LogP contribution in [0.25, 0.3) is 22.2 Å². The topological polar surface area (TPSA) is 12.9 Å². The van der Waals surface area contributed by atoms with E-state index in [9.17, 15) is 0 Å². The first kappa shape index (κ1) is 12.9. The van der Waals surface area contributed by atoms with Crippen molar-refractivity contribution >= 4 is 10.9 Å². The number of aryl methyl sites for hydroxylation is 4. The van der Waals surface area contributed by atoms with Crippen molar-refractivity contribution in [1.29, 1.82) is 0 Å². The van der Waals surface area contributed by atoms with E-state index in [0.29, 0.717) is 0 Å².